The molecule has 0 bridgehead atoms. The minimum Gasteiger partial charge on any atom is -0.464 e. The molecule has 0 amide bonds. The molecule has 1 fully saturated rings. The maximum absolute atomic E-state index is 14.0. The molecule has 1 rings (SSSR count). The first-order chi connectivity index (χ1) is 7.73. The first-order valence-corrected chi connectivity index (χ1v) is 6.26. The lowest BCUT2D eigenvalue weighted by Gasteiger charge is -2.45. The van der Waals surface area contributed by atoms with Crippen LogP contribution in [0.25, 0.3) is 0 Å². The van der Waals surface area contributed by atoms with Gasteiger partial charge in [-0.05, 0) is 37.5 Å². The molecule has 1 N–H and O–H groups in total. The van der Waals surface area contributed by atoms with Crippen LogP contribution in [-0.2, 0) is 9.53 Å². The number of aliphatic hydroxyl groups is 1. The predicted octanol–water partition coefficient (Wildman–Crippen LogP) is 2.46. The second-order valence-corrected chi connectivity index (χ2v) is 5.88. The smallest absolute Gasteiger partial charge is 0.343 e. The van der Waals surface area contributed by atoms with Crippen LogP contribution in [-0.4, -0.2) is 29.5 Å². The van der Waals surface area contributed by atoms with Crippen LogP contribution in [0, 0.1) is 11.3 Å². The van der Waals surface area contributed by atoms with Crippen molar-refractivity contribution in [3.05, 3.63) is 0 Å². The third-order valence-electron chi connectivity index (χ3n) is 3.85. The van der Waals surface area contributed by atoms with Gasteiger partial charge < -0.3 is 9.84 Å². The molecule has 0 spiro atoms. The fraction of sp³-hybridized carbons (Fsp3) is 0.923. The van der Waals surface area contributed by atoms with Crippen molar-refractivity contribution < 1.29 is 19.0 Å². The Hall–Kier alpha value is -0.640. The second-order valence-electron chi connectivity index (χ2n) is 5.88. The summed E-state index contributed by atoms with van der Waals surface area (Å²) in [7, 11) is 0. The highest BCUT2D eigenvalue weighted by molar-refractivity contribution is 5.76. The molecule has 0 aromatic rings. The number of alkyl halides is 1. The summed E-state index contributed by atoms with van der Waals surface area (Å²) in [5, 5.41) is 10.4. The maximum atomic E-state index is 14.0. The van der Waals surface area contributed by atoms with Crippen LogP contribution in [0.1, 0.15) is 47.0 Å². The van der Waals surface area contributed by atoms with Gasteiger partial charge in [0.05, 0.1) is 6.61 Å². The van der Waals surface area contributed by atoms with Crippen molar-refractivity contribution in [1.82, 2.24) is 0 Å². The van der Waals surface area contributed by atoms with Gasteiger partial charge in [-0.25, -0.2) is 9.18 Å². The van der Waals surface area contributed by atoms with Crippen LogP contribution < -0.4 is 0 Å². The van der Waals surface area contributed by atoms with Crippen molar-refractivity contribution >= 4 is 5.97 Å². The fourth-order valence-electron chi connectivity index (χ4n) is 2.69. The number of rotatable bonds is 3. The van der Waals surface area contributed by atoms with E-state index >= 15 is 0 Å². The molecule has 1 saturated carbocycles. The third-order valence-corrected chi connectivity index (χ3v) is 3.85. The highest BCUT2D eigenvalue weighted by atomic mass is 19.1. The van der Waals surface area contributed by atoms with E-state index < -0.39 is 17.7 Å². The molecule has 17 heavy (non-hydrogen) atoms. The lowest BCUT2D eigenvalue weighted by Crippen LogP contribution is -2.54. The van der Waals surface area contributed by atoms with E-state index in [0.717, 1.165) is 0 Å². The largest absolute Gasteiger partial charge is 0.464 e. The maximum Gasteiger partial charge on any atom is 0.343 e. The molecule has 100 valence electrons. The lowest BCUT2D eigenvalue weighted by molar-refractivity contribution is -0.173. The number of hydrogen-bond acceptors (Lipinski definition) is 3. The van der Waals surface area contributed by atoms with Crippen LogP contribution in [0.4, 0.5) is 4.39 Å². The van der Waals surface area contributed by atoms with Gasteiger partial charge >= 0.3 is 5.97 Å². The molecule has 4 heteroatoms. The first kappa shape index (κ1) is 14.4. The van der Waals surface area contributed by atoms with E-state index in [1.165, 1.54) is 0 Å². The van der Waals surface area contributed by atoms with Crippen LogP contribution in [0.15, 0.2) is 0 Å². The molecule has 0 aromatic heterocycles. The summed E-state index contributed by atoms with van der Waals surface area (Å²) in [6, 6.07) is 0. The highest BCUT2D eigenvalue weighted by Crippen LogP contribution is 2.46. The van der Waals surface area contributed by atoms with E-state index in [-0.39, 0.29) is 17.9 Å². The van der Waals surface area contributed by atoms with Gasteiger partial charge in [0.2, 0.25) is 6.17 Å². The van der Waals surface area contributed by atoms with Crippen molar-refractivity contribution in [3.8, 4) is 0 Å². The van der Waals surface area contributed by atoms with Gasteiger partial charge in [-0.3, -0.25) is 0 Å². The topological polar surface area (TPSA) is 46.5 Å². The Morgan fingerprint density at radius 1 is 1.53 bits per heavy atom. The van der Waals surface area contributed by atoms with E-state index in [9.17, 15) is 14.3 Å². The number of esters is 1. The first-order valence-electron chi connectivity index (χ1n) is 6.26. The summed E-state index contributed by atoms with van der Waals surface area (Å²) in [4.78, 5) is 11.4. The summed E-state index contributed by atoms with van der Waals surface area (Å²) in [5.74, 6) is -1.19. The molecule has 1 aliphatic carbocycles. The monoisotopic (exact) mass is 246 g/mol. The zero-order valence-corrected chi connectivity index (χ0v) is 11.1. The minimum absolute atomic E-state index is 0.0972. The molecule has 0 heterocycles. The predicted molar refractivity (Wildman–Crippen MR) is 63.3 cm³/mol. The summed E-state index contributed by atoms with van der Waals surface area (Å²) in [6.45, 7) is 7.76. The zero-order chi connectivity index (χ0) is 13.3. The molecular weight excluding hydrogens is 223 g/mol. The fourth-order valence-corrected chi connectivity index (χ4v) is 2.69. The second kappa shape index (κ2) is 4.92. The van der Waals surface area contributed by atoms with E-state index in [4.69, 9.17) is 0 Å². The quantitative estimate of drug-likeness (QED) is 0.778. The Kier molecular flexibility index (Phi) is 4.18. The molecule has 0 aromatic carbocycles. The summed E-state index contributed by atoms with van der Waals surface area (Å²) in [5.41, 5.74) is -1.47. The Morgan fingerprint density at radius 3 is 2.59 bits per heavy atom. The van der Waals surface area contributed by atoms with Crippen molar-refractivity contribution in [1.29, 1.82) is 0 Å². The van der Waals surface area contributed by atoms with Crippen LogP contribution in [0.5, 0.6) is 0 Å². The minimum atomic E-state index is -1.94. The number of hydrogen-bond donors (Lipinski definition) is 1. The average molecular weight is 246 g/mol. The molecule has 3 nitrogen and oxygen atoms in total. The molecular formula is C13H23FO3. The lowest BCUT2D eigenvalue weighted by atomic mass is 9.64. The van der Waals surface area contributed by atoms with E-state index in [0.29, 0.717) is 19.3 Å². The zero-order valence-electron chi connectivity index (χ0n) is 11.1. The van der Waals surface area contributed by atoms with Gasteiger partial charge in [-0.1, -0.05) is 20.8 Å². The van der Waals surface area contributed by atoms with Gasteiger partial charge in [0.1, 0.15) is 5.60 Å². The molecule has 3 atom stereocenters. The van der Waals surface area contributed by atoms with E-state index in [1.54, 1.807) is 13.8 Å². The number of halogens is 1. The van der Waals surface area contributed by atoms with Crippen LogP contribution >= 0.6 is 0 Å². The molecule has 0 aliphatic heterocycles. The van der Waals surface area contributed by atoms with Gasteiger partial charge in [-0.15, -0.1) is 0 Å². The molecule has 0 saturated heterocycles. The van der Waals surface area contributed by atoms with Crippen LogP contribution in [0.3, 0.4) is 0 Å². The average Bonchev–Trinajstić information content (AvgIpc) is 2.23. The number of ether oxygens (including phenoxy) is 1. The van der Waals surface area contributed by atoms with Gasteiger partial charge in [0, 0.05) is 0 Å². The number of carbonyl (C=O) groups excluding carboxylic acids is 1. The highest BCUT2D eigenvalue weighted by Gasteiger charge is 2.51. The third kappa shape index (κ3) is 2.97. The SMILES string of the molecule is CCOC(=O)C(F)C1(O)CCC(C)(C)CC1C. The van der Waals surface area contributed by atoms with Crippen molar-refractivity contribution in [3.63, 3.8) is 0 Å². The Morgan fingerprint density at radius 2 is 2.12 bits per heavy atom. The van der Waals surface area contributed by atoms with Crippen molar-refractivity contribution in [2.45, 2.75) is 58.7 Å². The molecule has 3 unspecified atom stereocenters. The molecule has 1 aliphatic rings. The van der Waals surface area contributed by atoms with E-state index in [2.05, 4.69) is 18.6 Å². The van der Waals surface area contributed by atoms with E-state index in [1.807, 2.05) is 0 Å². The van der Waals surface area contributed by atoms with Crippen molar-refractivity contribution in [2.75, 3.05) is 6.61 Å². The molecule has 0 radical (unpaired) electrons. The summed E-state index contributed by atoms with van der Waals surface area (Å²) < 4.78 is 18.7. The van der Waals surface area contributed by atoms with Gasteiger partial charge in [0.15, 0.2) is 0 Å². The normalized spacial score (nSPS) is 34.1. The summed E-state index contributed by atoms with van der Waals surface area (Å²) >= 11 is 0. The van der Waals surface area contributed by atoms with Crippen molar-refractivity contribution in [2.24, 2.45) is 11.3 Å². The number of carbonyl (C=O) groups is 1. The Balaban J connectivity index is 2.78. The van der Waals surface area contributed by atoms with Gasteiger partial charge in [0.25, 0.3) is 0 Å². The standard InChI is InChI=1S/C13H23FO3/c1-5-17-11(15)10(14)13(16)7-6-12(3,4)8-9(13)2/h9-10,16H,5-8H2,1-4H3. The Bertz CT molecular complexity index is 290. The summed E-state index contributed by atoms with van der Waals surface area (Å²) in [6.07, 6.45) is -0.202. The Labute approximate surface area is 102 Å². The van der Waals surface area contributed by atoms with Gasteiger partial charge in [-0.2, -0.15) is 0 Å². The van der Waals surface area contributed by atoms with Crippen LogP contribution in [0.2, 0.25) is 0 Å².